The molecule has 34 heavy (non-hydrogen) atoms. The number of primary amides is 1. The number of aromatic hydroxyl groups is 1. The number of amides is 1. The van der Waals surface area contributed by atoms with Gasteiger partial charge in [0.1, 0.15) is 17.6 Å². The standard InChI is InChI=1S/C28H31ClN2O3/c1-27(2,31-18-25(19-31)34-24-16-22(29)15-23(32)17-24)13-14-28(26(30)33,20-9-5-3-6-10-20)21-11-7-4-8-12-21/h3-12,15-17,25,32H,13-14,18-19H2,1-2H3,(H2,30,33). The maximum atomic E-state index is 13.1. The Labute approximate surface area is 206 Å². The molecule has 178 valence electrons. The Morgan fingerprint density at radius 3 is 2.06 bits per heavy atom. The number of likely N-dealkylation sites (tertiary alicyclic amines) is 1. The first kappa shape index (κ1) is 24.1. The van der Waals surface area contributed by atoms with Crippen molar-refractivity contribution in [1.29, 1.82) is 0 Å². The summed E-state index contributed by atoms with van der Waals surface area (Å²) in [7, 11) is 0. The van der Waals surface area contributed by atoms with Crippen LogP contribution in [0.15, 0.2) is 78.9 Å². The van der Waals surface area contributed by atoms with Crippen LogP contribution in [-0.4, -0.2) is 40.6 Å². The Balaban J connectivity index is 1.49. The highest BCUT2D eigenvalue weighted by Gasteiger charge is 2.44. The number of hydrogen-bond acceptors (Lipinski definition) is 4. The van der Waals surface area contributed by atoms with Crippen molar-refractivity contribution < 1.29 is 14.6 Å². The van der Waals surface area contributed by atoms with E-state index in [4.69, 9.17) is 22.1 Å². The van der Waals surface area contributed by atoms with Crippen LogP contribution in [0.3, 0.4) is 0 Å². The van der Waals surface area contributed by atoms with Gasteiger partial charge in [-0.15, -0.1) is 0 Å². The Bertz CT molecular complexity index is 1070. The molecule has 0 spiro atoms. The molecule has 1 amide bonds. The second-order valence-corrected chi connectivity index (χ2v) is 10.0. The van der Waals surface area contributed by atoms with Crippen LogP contribution in [0.4, 0.5) is 0 Å². The van der Waals surface area contributed by atoms with Crippen molar-refractivity contribution in [2.45, 2.75) is 43.7 Å². The third-order valence-corrected chi connectivity index (χ3v) is 7.15. The summed E-state index contributed by atoms with van der Waals surface area (Å²) >= 11 is 6.02. The molecule has 1 heterocycles. The van der Waals surface area contributed by atoms with Crippen molar-refractivity contribution in [2.75, 3.05) is 13.1 Å². The van der Waals surface area contributed by atoms with Gasteiger partial charge in [0, 0.05) is 29.7 Å². The number of ether oxygens (including phenoxy) is 1. The van der Waals surface area contributed by atoms with Gasteiger partial charge in [-0.05, 0) is 49.9 Å². The minimum Gasteiger partial charge on any atom is -0.508 e. The second-order valence-electron chi connectivity index (χ2n) is 9.60. The van der Waals surface area contributed by atoms with Crippen LogP contribution in [0.25, 0.3) is 0 Å². The predicted octanol–water partition coefficient (Wildman–Crippen LogP) is 5.14. The number of phenolic OH excluding ortho intramolecular Hbond substituents is 1. The van der Waals surface area contributed by atoms with E-state index in [1.807, 2.05) is 60.7 Å². The van der Waals surface area contributed by atoms with E-state index >= 15 is 0 Å². The topological polar surface area (TPSA) is 75.8 Å². The Morgan fingerprint density at radius 2 is 1.56 bits per heavy atom. The van der Waals surface area contributed by atoms with E-state index in [1.54, 1.807) is 12.1 Å². The Morgan fingerprint density at radius 1 is 1.00 bits per heavy atom. The van der Waals surface area contributed by atoms with Crippen LogP contribution >= 0.6 is 11.6 Å². The van der Waals surface area contributed by atoms with Gasteiger partial charge in [-0.2, -0.15) is 0 Å². The van der Waals surface area contributed by atoms with Crippen molar-refractivity contribution in [3.05, 3.63) is 95.0 Å². The summed E-state index contributed by atoms with van der Waals surface area (Å²) in [5, 5.41) is 10.2. The van der Waals surface area contributed by atoms with Gasteiger partial charge in [0.25, 0.3) is 0 Å². The number of nitrogens with two attached hydrogens (primary N) is 1. The van der Waals surface area contributed by atoms with Gasteiger partial charge in [-0.25, -0.2) is 0 Å². The third kappa shape index (κ3) is 4.91. The Hall–Kier alpha value is -3.02. The van der Waals surface area contributed by atoms with Gasteiger partial charge in [-0.1, -0.05) is 72.3 Å². The van der Waals surface area contributed by atoms with Gasteiger partial charge in [0.15, 0.2) is 0 Å². The number of carbonyl (C=O) groups is 1. The summed E-state index contributed by atoms with van der Waals surface area (Å²) < 4.78 is 6.00. The number of nitrogens with zero attached hydrogens (tertiary/aromatic N) is 1. The molecule has 0 radical (unpaired) electrons. The van der Waals surface area contributed by atoms with Crippen molar-refractivity contribution in [3.8, 4) is 11.5 Å². The highest BCUT2D eigenvalue weighted by atomic mass is 35.5. The van der Waals surface area contributed by atoms with Gasteiger partial charge < -0.3 is 15.6 Å². The van der Waals surface area contributed by atoms with Gasteiger partial charge in [0.05, 0.1) is 5.41 Å². The van der Waals surface area contributed by atoms with Gasteiger partial charge in [0.2, 0.25) is 5.91 Å². The maximum absolute atomic E-state index is 13.1. The zero-order valence-electron chi connectivity index (χ0n) is 19.6. The molecular formula is C28H31ClN2O3. The number of phenols is 1. The average Bonchev–Trinajstić information content (AvgIpc) is 2.77. The molecule has 3 aromatic carbocycles. The molecule has 1 aliphatic rings. The molecular weight excluding hydrogens is 448 g/mol. The monoisotopic (exact) mass is 478 g/mol. The van der Waals surface area contributed by atoms with Crippen LogP contribution in [0.2, 0.25) is 5.02 Å². The first-order valence-electron chi connectivity index (χ1n) is 11.5. The summed E-state index contributed by atoms with van der Waals surface area (Å²) in [6.45, 7) is 5.88. The fraction of sp³-hybridized carbons (Fsp3) is 0.321. The summed E-state index contributed by atoms with van der Waals surface area (Å²) in [4.78, 5) is 15.4. The molecule has 1 saturated heterocycles. The highest BCUT2D eigenvalue weighted by Crippen LogP contribution is 2.40. The average molecular weight is 479 g/mol. The van der Waals surface area contributed by atoms with Crippen LogP contribution in [-0.2, 0) is 10.2 Å². The van der Waals surface area contributed by atoms with Gasteiger partial charge >= 0.3 is 0 Å². The summed E-state index contributed by atoms with van der Waals surface area (Å²) in [6.07, 6.45) is 1.37. The van der Waals surface area contributed by atoms with E-state index in [9.17, 15) is 9.90 Å². The molecule has 0 unspecified atom stereocenters. The van der Waals surface area contributed by atoms with Crippen LogP contribution in [0.1, 0.15) is 37.8 Å². The summed E-state index contributed by atoms with van der Waals surface area (Å²) in [5.74, 6) is 0.309. The predicted molar refractivity (Wildman–Crippen MR) is 135 cm³/mol. The lowest BCUT2D eigenvalue weighted by molar-refractivity contribution is -0.122. The molecule has 0 saturated carbocycles. The van der Waals surface area contributed by atoms with Crippen molar-refractivity contribution in [2.24, 2.45) is 5.73 Å². The molecule has 6 heteroatoms. The molecule has 3 N–H and O–H groups in total. The quantitative estimate of drug-likeness (QED) is 0.446. The molecule has 4 rings (SSSR count). The van der Waals surface area contributed by atoms with Crippen molar-refractivity contribution in [1.82, 2.24) is 4.90 Å². The normalized spacial score (nSPS) is 15.0. The van der Waals surface area contributed by atoms with E-state index in [-0.39, 0.29) is 23.3 Å². The molecule has 0 aliphatic carbocycles. The number of hydrogen-bond donors (Lipinski definition) is 2. The fourth-order valence-electron chi connectivity index (χ4n) is 4.78. The lowest BCUT2D eigenvalue weighted by Crippen LogP contribution is -2.62. The van der Waals surface area contributed by atoms with E-state index in [2.05, 4.69) is 18.7 Å². The molecule has 3 aromatic rings. The van der Waals surface area contributed by atoms with Crippen molar-refractivity contribution >= 4 is 17.5 Å². The van der Waals surface area contributed by atoms with Crippen LogP contribution in [0.5, 0.6) is 11.5 Å². The minimum absolute atomic E-state index is 0.0151. The lowest BCUT2D eigenvalue weighted by Gasteiger charge is -2.49. The van der Waals surface area contributed by atoms with Crippen LogP contribution in [0, 0.1) is 0 Å². The number of halogens is 1. The maximum Gasteiger partial charge on any atom is 0.232 e. The zero-order valence-corrected chi connectivity index (χ0v) is 20.3. The van der Waals surface area contributed by atoms with Crippen molar-refractivity contribution in [3.63, 3.8) is 0 Å². The molecule has 0 bridgehead atoms. The summed E-state index contributed by atoms with van der Waals surface area (Å²) in [6, 6.07) is 24.4. The number of benzene rings is 3. The fourth-order valence-corrected chi connectivity index (χ4v) is 4.99. The highest BCUT2D eigenvalue weighted by molar-refractivity contribution is 6.30. The second kappa shape index (κ2) is 9.69. The van der Waals surface area contributed by atoms with E-state index < -0.39 is 5.41 Å². The van der Waals surface area contributed by atoms with E-state index in [1.165, 1.54) is 6.07 Å². The molecule has 1 fully saturated rings. The minimum atomic E-state index is -0.904. The molecule has 1 aliphatic heterocycles. The smallest absolute Gasteiger partial charge is 0.232 e. The molecule has 5 nitrogen and oxygen atoms in total. The van der Waals surface area contributed by atoms with Gasteiger partial charge in [-0.3, -0.25) is 9.69 Å². The molecule has 0 aromatic heterocycles. The SMILES string of the molecule is CC(C)(CCC(C(N)=O)(c1ccccc1)c1ccccc1)N1CC(Oc2cc(O)cc(Cl)c2)C1. The molecule has 0 atom stereocenters. The summed E-state index contributed by atoms with van der Waals surface area (Å²) in [5.41, 5.74) is 6.87. The largest absolute Gasteiger partial charge is 0.508 e. The first-order valence-corrected chi connectivity index (χ1v) is 11.9. The van der Waals surface area contributed by atoms with Crippen LogP contribution < -0.4 is 10.5 Å². The number of carbonyl (C=O) groups excluding carboxylic acids is 1. The lowest BCUT2D eigenvalue weighted by atomic mass is 9.69. The zero-order chi connectivity index (χ0) is 24.3. The third-order valence-electron chi connectivity index (χ3n) is 6.93. The first-order chi connectivity index (χ1) is 16.2. The number of rotatable bonds is 9. The van der Waals surface area contributed by atoms with E-state index in [0.717, 1.165) is 30.6 Å². The van der Waals surface area contributed by atoms with E-state index in [0.29, 0.717) is 17.2 Å². The Kier molecular flexibility index (Phi) is 6.87.